The Labute approximate surface area is 112 Å². The summed E-state index contributed by atoms with van der Waals surface area (Å²) in [6.45, 7) is 15.6. The van der Waals surface area contributed by atoms with Crippen LogP contribution in [0.3, 0.4) is 0 Å². The summed E-state index contributed by atoms with van der Waals surface area (Å²) < 4.78 is 0. The second-order valence-corrected chi connectivity index (χ2v) is 3.50. The number of rotatable bonds is 2. The fourth-order valence-electron chi connectivity index (χ4n) is 1.85. The van der Waals surface area contributed by atoms with Crippen molar-refractivity contribution in [2.45, 2.75) is 40.5 Å². The molecule has 0 saturated carbocycles. The van der Waals surface area contributed by atoms with Gasteiger partial charge in [0.1, 0.15) is 0 Å². The molecule has 1 aromatic rings. The van der Waals surface area contributed by atoms with Crippen molar-refractivity contribution in [2.75, 3.05) is 0 Å². The molecule has 98 valence electrons. The van der Waals surface area contributed by atoms with E-state index in [1.807, 2.05) is 39.8 Å². The Hall–Kier alpha value is -1.56. The molecule has 0 unspecified atom stereocenters. The maximum Gasteiger partial charge on any atom is -0.0184 e. The van der Waals surface area contributed by atoms with Crippen LogP contribution in [0.15, 0.2) is 25.3 Å². The van der Waals surface area contributed by atoms with E-state index in [0.29, 0.717) is 0 Å². The van der Waals surface area contributed by atoms with Crippen molar-refractivity contribution >= 4 is 24.3 Å². The molecule has 0 nitrogen and oxygen atoms in total. The lowest BCUT2D eigenvalue weighted by atomic mass is 10.0. The van der Waals surface area contributed by atoms with Crippen LogP contribution < -0.4 is 10.4 Å². The van der Waals surface area contributed by atoms with E-state index >= 15 is 0 Å². The summed E-state index contributed by atoms with van der Waals surface area (Å²) in [4.78, 5) is 0. The molecule has 0 fully saturated rings. The highest BCUT2D eigenvalue weighted by Gasteiger charge is 1.98. The summed E-state index contributed by atoms with van der Waals surface area (Å²) in [6.07, 6.45) is 10.7. The average molecular weight is 242 g/mol. The topological polar surface area (TPSA) is 0 Å². The van der Waals surface area contributed by atoms with Crippen molar-refractivity contribution in [1.82, 2.24) is 0 Å². The molecule has 0 heterocycles. The molecule has 1 aliphatic carbocycles. The standard InChI is InChI=1S/C14H14.2C2H6/c1-3-11-9-13-7-5-6-8-14(13)10-12(11)4-2;2*1-2/h3-4,7-10H,1-2,5-6H2;2*1-2H3. The first-order chi connectivity index (χ1) is 8.85. The van der Waals surface area contributed by atoms with E-state index in [9.17, 15) is 0 Å². The van der Waals surface area contributed by atoms with Gasteiger partial charge in [-0.15, -0.1) is 0 Å². The Morgan fingerprint density at radius 3 is 1.39 bits per heavy atom. The quantitative estimate of drug-likeness (QED) is 0.722. The van der Waals surface area contributed by atoms with Gasteiger partial charge in [0.25, 0.3) is 0 Å². The number of benzene rings is 1. The molecule has 0 radical (unpaired) electrons. The Balaban J connectivity index is 0.000000659. The van der Waals surface area contributed by atoms with E-state index in [1.165, 1.54) is 21.6 Å². The minimum absolute atomic E-state index is 1.15. The molecular formula is C18H26. The van der Waals surface area contributed by atoms with E-state index in [4.69, 9.17) is 0 Å². The van der Waals surface area contributed by atoms with E-state index < -0.39 is 0 Å². The van der Waals surface area contributed by atoms with E-state index in [-0.39, 0.29) is 0 Å². The maximum atomic E-state index is 3.82. The van der Waals surface area contributed by atoms with Gasteiger partial charge in [0.05, 0.1) is 0 Å². The Morgan fingerprint density at radius 2 is 1.11 bits per heavy atom. The highest BCUT2D eigenvalue weighted by Crippen LogP contribution is 2.08. The predicted molar refractivity (Wildman–Crippen MR) is 86.7 cm³/mol. The molecule has 0 bridgehead atoms. The second kappa shape index (κ2) is 9.47. The third-order valence-corrected chi connectivity index (χ3v) is 2.62. The Morgan fingerprint density at radius 1 is 0.778 bits per heavy atom. The molecule has 0 amide bonds. The van der Waals surface area contributed by atoms with Crippen LogP contribution in [0.25, 0.3) is 24.3 Å². The monoisotopic (exact) mass is 242 g/mol. The SMILES string of the molecule is C=Cc1cc2c(cc1C=C)=CCCC=2.CC.CC. The molecule has 18 heavy (non-hydrogen) atoms. The third kappa shape index (κ3) is 4.03. The maximum absolute atomic E-state index is 3.82. The van der Waals surface area contributed by atoms with Gasteiger partial charge in [-0.25, -0.2) is 0 Å². The fourth-order valence-corrected chi connectivity index (χ4v) is 1.85. The van der Waals surface area contributed by atoms with Crippen molar-refractivity contribution < 1.29 is 0 Å². The van der Waals surface area contributed by atoms with Gasteiger partial charge in [-0.05, 0) is 46.5 Å². The molecule has 0 N–H and O–H groups in total. The second-order valence-electron chi connectivity index (χ2n) is 3.50. The molecule has 0 aromatic heterocycles. The molecule has 0 heteroatoms. The van der Waals surface area contributed by atoms with Gasteiger partial charge >= 0.3 is 0 Å². The van der Waals surface area contributed by atoms with Gasteiger partial charge in [-0.3, -0.25) is 0 Å². The average Bonchev–Trinajstić information content (AvgIpc) is 2.49. The summed E-state index contributed by atoms with van der Waals surface area (Å²) in [5.41, 5.74) is 2.34. The summed E-state index contributed by atoms with van der Waals surface area (Å²) in [7, 11) is 0. The lowest BCUT2D eigenvalue weighted by Crippen LogP contribution is -2.27. The van der Waals surface area contributed by atoms with Crippen LogP contribution >= 0.6 is 0 Å². The summed E-state index contributed by atoms with van der Waals surface area (Å²) >= 11 is 0. The van der Waals surface area contributed by atoms with Crippen LogP contribution in [0.5, 0.6) is 0 Å². The van der Waals surface area contributed by atoms with Crippen molar-refractivity contribution in [3.63, 3.8) is 0 Å². The van der Waals surface area contributed by atoms with Crippen LogP contribution in [0.4, 0.5) is 0 Å². The minimum Gasteiger partial charge on any atom is -0.0984 e. The number of hydrogen-bond acceptors (Lipinski definition) is 0. The predicted octanol–water partition coefficient (Wildman–Crippen LogP) is 4.38. The molecule has 1 aliphatic rings. The highest BCUT2D eigenvalue weighted by atomic mass is 14.0. The molecule has 0 aliphatic heterocycles. The first kappa shape index (κ1) is 16.4. The van der Waals surface area contributed by atoms with Crippen LogP contribution in [-0.2, 0) is 0 Å². The van der Waals surface area contributed by atoms with Gasteiger partial charge in [-0.2, -0.15) is 0 Å². The van der Waals surface area contributed by atoms with Crippen LogP contribution in [0.1, 0.15) is 51.7 Å². The van der Waals surface area contributed by atoms with Gasteiger partial charge in [-0.1, -0.05) is 65.2 Å². The fraction of sp³-hybridized carbons (Fsp3) is 0.333. The van der Waals surface area contributed by atoms with Gasteiger partial charge in [0.15, 0.2) is 0 Å². The molecule has 0 saturated heterocycles. The van der Waals surface area contributed by atoms with Crippen LogP contribution in [0, 0.1) is 0 Å². The lowest BCUT2D eigenvalue weighted by Gasteiger charge is -2.05. The number of fused-ring (bicyclic) bond motifs is 1. The van der Waals surface area contributed by atoms with Crippen molar-refractivity contribution in [1.29, 1.82) is 0 Å². The lowest BCUT2D eigenvalue weighted by molar-refractivity contribution is 1.12. The van der Waals surface area contributed by atoms with Gasteiger partial charge in [0, 0.05) is 0 Å². The van der Waals surface area contributed by atoms with Crippen molar-refractivity contribution in [3.8, 4) is 0 Å². The Bertz CT molecular complexity index is 443. The van der Waals surface area contributed by atoms with E-state index in [1.54, 1.807) is 0 Å². The largest absolute Gasteiger partial charge is 0.0984 e. The molecule has 0 atom stereocenters. The molecular weight excluding hydrogens is 216 g/mol. The molecule has 1 aromatic carbocycles. The summed E-state index contributed by atoms with van der Waals surface area (Å²) in [5, 5.41) is 2.66. The first-order valence-corrected chi connectivity index (χ1v) is 6.94. The van der Waals surface area contributed by atoms with Gasteiger partial charge < -0.3 is 0 Å². The normalized spacial score (nSPS) is 11.1. The van der Waals surface area contributed by atoms with Crippen LogP contribution in [0.2, 0.25) is 0 Å². The minimum atomic E-state index is 1.15. The number of hydrogen-bond donors (Lipinski definition) is 0. The highest BCUT2D eigenvalue weighted by molar-refractivity contribution is 5.64. The van der Waals surface area contributed by atoms with E-state index in [2.05, 4.69) is 37.4 Å². The molecule has 0 spiro atoms. The van der Waals surface area contributed by atoms with Gasteiger partial charge in [0.2, 0.25) is 0 Å². The third-order valence-electron chi connectivity index (χ3n) is 2.62. The smallest absolute Gasteiger partial charge is 0.0184 e. The summed E-state index contributed by atoms with van der Waals surface area (Å²) in [6, 6.07) is 4.38. The van der Waals surface area contributed by atoms with Crippen molar-refractivity contribution in [2.24, 2.45) is 0 Å². The zero-order chi connectivity index (χ0) is 14.0. The summed E-state index contributed by atoms with van der Waals surface area (Å²) in [5.74, 6) is 0. The first-order valence-electron chi connectivity index (χ1n) is 6.94. The zero-order valence-electron chi connectivity index (χ0n) is 12.3. The zero-order valence-corrected chi connectivity index (χ0v) is 12.3. The Kier molecular flexibility index (Phi) is 8.65. The molecule has 2 rings (SSSR count). The van der Waals surface area contributed by atoms with E-state index in [0.717, 1.165) is 12.8 Å². The van der Waals surface area contributed by atoms with Crippen molar-refractivity contribution in [3.05, 3.63) is 46.9 Å². The van der Waals surface area contributed by atoms with Crippen LogP contribution in [-0.4, -0.2) is 0 Å².